The van der Waals surface area contributed by atoms with Crippen molar-refractivity contribution in [3.63, 3.8) is 0 Å². The molecule has 4 rings (SSSR count). The van der Waals surface area contributed by atoms with E-state index in [2.05, 4.69) is 25.4 Å². The summed E-state index contributed by atoms with van der Waals surface area (Å²) in [4.78, 5) is 24.1. The topological polar surface area (TPSA) is 88.9 Å². The maximum Gasteiger partial charge on any atom is 0.251 e. The van der Waals surface area contributed by atoms with Gasteiger partial charge >= 0.3 is 0 Å². The average molecular weight is 450 g/mol. The summed E-state index contributed by atoms with van der Waals surface area (Å²) in [5.41, 5.74) is 2.75. The fourth-order valence-electron chi connectivity index (χ4n) is 3.70. The molecule has 0 spiro atoms. The van der Waals surface area contributed by atoms with Gasteiger partial charge in [-0.3, -0.25) is 9.59 Å². The summed E-state index contributed by atoms with van der Waals surface area (Å²) in [7, 11) is 1.59. The van der Waals surface area contributed by atoms with E-state index in [0.29, 0.717) is 16.3 Å². The van der Waals surface area contributed by atoms with E-state index in [1.165, 1.54) is 12.5 Å². The van der Waals surface area contributed by atoms with Crippen molar-refractivity contribution in [1.82, 2.24) is 20.1 Å². The predicted molar refractivity (Wildman–Crippen MR) is 126 cm³/mol. The highest BCUT2D eigenvalue weighted by Crippen LogP contribution is 2.31. The minimum Gasteiger partial charge on any atom is -0.355 e. The zero-order valence-electron chi connectivity index (χ0n) is 17.8. The average Bonchev–Trinajstić information content (AvgIpc) is 3.06. The van der Waals surface area contributed by atoms with Crippen molar-refractivity contribution in [1.29, 1.82) is 0 Å². The first-order valence-corrected chi connectivity index (χ1v) is 11.0. The van der Waals surface area contributed by atoms with E-state index in [1.807, 2.05) is 6.07 Å². The number of carbonyl (C=O) groups is 2. The van der Waals surface area contributed by atoms with Gasteiger partial charge < -0.3 is 15.2 Å². The van der Waals surface area contributed by atoms with Crippen LogP contribution in [0.1, 0.15) is 41.0 Å². The molecule has 1 aliphatic rings. The molecule has 164 valence electrons. The molecule has 8 heteroatoms. The molecule has 7 nitrogen and oxygen atoms in total. The summed E-state index contributed by atoms with van der Waals surface area (Å²) in [6, 6.07) is 12.3. The van der Waals surface area contributed by atoms with Gasteiger partial charge in [-0.15, -0.1) is 10.2 Å². The molecule has 32 heavy (non-hydrogen) atoms. The van der Waals surface area contributed by atoms with Crippen LogP contribution in [0.4, 0.5) is 5.69 Å². The Morgan fingerprint density at radius 3 is 2.66 bits per heavy atom. The van der Waals surface area contributed by atoms with E-state index < -0.39 is 0 Å². The second-order valence-electron chi connectivity index (χ2n) is 7.62. The Balaban J connectivity index is 1.48. The standard InChI is InChI=1S/C24H24ClN5O2/c1-26-24(32)17-9-6-16(7-10-17)8-13-22(31)27-18-11-12-20(25)19(15-18)23-29-28-21-5-3-2-4-14-30(21)23/h6-13,15H,2-5,14H2,1H3,(H,26,32)(H,27,31)/b13-8+. The molecule has 3 aromatic rings. The highest BCUT2D eigenvalue weighted by Gasteiger charge is 2.18. The molecule has 0 radical (unpaired) electrons. The Morgan fingerprint density at radius 1 is 1.06 bits per heavy atom. The normalized spacial score (nSPS) is 13.4. The monoisotopic (exact) mass is 449 g/mol. The SMILES string of the molecule is CNC(=O)c1ccc(/C=C/C(=O)Nc2ccc(Cl)c(-c3nnc4n3CCCCC4)c2)cc1. The van der Waals surface area contributed by atoms with Gasteiger partial charge in [-0.2, -0.15) is 0 Å². The highest BCUT2D eigenvalue weighted by atomic mass is 35.5. The van der Waals surface area contributed by atoms with Crippen LogP contribution in [-0.4, -0.2) is 33.6 Å². The second kappa shape index (κ2) is 9.78. The van der Waals surface area contributed by atoms with Crippen LogP contribution in [0.25, 0.3) is 17.5 Å². The number of halogens is 1. The fraction of sp³-hybridized carbons (Fsp3) is 0.250. The number of benzene rings is 2. The molecule has 0 unspecified atom stereocenters. The van der Waals surface area contributed by atoms with Gasteiger partial charge in [0.1, 0.15) is 5.82 Å². The number of hydrogen-bond acceptors (Lipinski definition) is 4. The molecule has 1 aromatic heterocycles. The van der Waals surface area contributed by atoms with Crippen LogP contribution in [-0.2, 0) is 17.8 Å². The molecule has 2 heterocycles. The summed E-state index contributed by atoms with van der Waals surface area (Å²) >= 11 is 6.46. The van der Waals surface area contributed by atoms with Crippen LogP contribution in [0, 0.1) is 0 Å². The smallest absolute Gasteiger partial charge is 0.251 e. The summed E-state index contributed by atoms with van der Waals surface area (Å²) in [5.74, 6) is 1.29. The van der Waals surface area contributed by atoms with Gasteiger partial charge in [0.2, 0.25) is 5.91 Å². The van der Waals surface area contributed by atoms with Crippen molar-refractivity contribution in [3.8, 4) is 11.4 Å². The van der Waals surface area contributed by atoms with Crippen molar-refractivity contribution < 1.29 is 9.59 Å². The zero-order chi connectivity index (χ0) is 22.5. The molecule has 0 atom stereocenters. The minimum absolute atomic E-state index is 0.152. The van der Waals surface area contributed by atoms with Crippen LogP contribution >= 0.6 is 11.6 Å². The van der Waals surface area contributed by atoms with Crippen molar-refractivity contribution in [2.24, 2.45) is 0 Å². The number of rotatable bonds is 5. The lowest BCUT2D eigenvalue weighted by molar-refractivity contribution is -0.111. The lowest BCUT2D eigenvalue weighted by Gasteiger charge is -2.10. The van der Waals surface area contributed by atoms with Crippen molar-refractivity contribution >= 4 is 35.2 Å². The lowest BCUT2D eigenvalue weighted by Crippen LogP contribution is -2.17. The Morgan fingerprint density at radius 2 is 1.88 bits per heavy atom. The molecule has 2 aromatic carbocycles. The third-order valence-electron chi connectivity index (χ3n) is 5.41. The van der Waals surface area contributed by atoms with E-state index in [4.69, 9.17) is 11.6 Å². The molecule has 0 saturated carbocycles. The lowest BCUT2D eigenvalue weighted by atomic mass is 10.1. The maximum absolute atomic E-state index is 12.4. The summed E-state index contributed by atoms with van der Waals surface area (Å²) in [6.07, 6.45) is 7.43. The van der Waals surface area contributed by atoms with Crippen molar-refractivity contribution in [2.45, 2.75) is 32.2 Å². The van der Waals surface area contributed by atoms with Gasteiger partial charge in [0.25, 0.3) is 5.91 Å². The Hall–Kier alpha value is -3.45. The Labute approximate surface area is 191 Å². The molecular formula is C24H24ClN5O2. The van der Waals surface area contributed by atoms with E-state index in [0.717, 1.165) is 48.6 Å². The van der Waals surface area contributed by atoms with Gasteiger partial charge in [0.05, 0.1) is 5.02 Å². The minimum atomic E-state index is -0.270. The number of hydrogen-bond donors (Lipinski definition) is 2. The number of anilines is 1. The van der Waals surface area contributed by atoms with Gasteiger partial charge in [0, 0.05) is 42.9 Å². The largest absolute Gasteiger partial charge is 0.355 e. The predicted octanol–water partition coefficient (Wildman–Crippen LogP) is 4.34. The maximum atomic E-state index is 12.4. The first-order chi connectivity index (χ1) is 15.5. The molecule has 2 amide bonds. The molecule has 2 N–H and O–H groups in total. The summed E-state index contributed by atoms with van der Waals surface area (Å²) in [5, 5.41) is 14.7. The number of amides is 2. The van der Waals surface area contributed by atoms with E-state index >= 15 is 0 Å². The van der Waals surface area contributed by atoms with Crippen LogP contribution < -0.4 is 10.6 Å². The quantitative estimate of drug-likeness (QED) is 0.567. The van der Waals surface area contributed by atoms with Gasteiger partial charge in [-0.1, -0.05) is 30.2 Å². The third-order valence-corrected chi connectivity index (χ3v) is 5.74. The molecule has 0 aliphatic carbocycles. The number of aryl methyl sites for hydroxylation is 1. The molecule has 1 aliphatic heterocycles. The number of carbonyl (C=O) groups excluding carboxylic acids is 2. The van der Waals surface area contributed by atoms with Crippen molar-refractivity contribution in [3.05, 3.63) is 70.5 Å². The first-order valence-electron chi connectivity index (χ1n) is 10.6. The van der Waals surface area contributed by atoms with Gasteiger partial charge in [-0.25, -0.2) is 0 Å². The van der Waals surface area contributed by atoms with Crippen LogP contribution in [0.5, 0.6) is 0 Å². The zero-order valence-corrected chi connectivity index (χ0v) is 18.5. The molecule has 0 bridgehead atoms. The molecule has 0 saturated heterocycles. The van der Waals surface area contributed by atoms with Gasteiger partial charge in [-0.05, 0) is 54.8 Å². The number of aromatic nitrogens is 3. The second-order valence-corrected chi connectivity index (χ2v) is 8.03. The van der Waals surface area contributed by atoms with E-state index in [9.17, 15) is 9.59 Å². The van der Waals surface area contributed by atoms with E-state index in [1.54, 1.807) is 49.5 Å². The Bertz CT molecular complexity index is 1170. The van der Waals surface area contributed by atoms with Gasteiger partial charge in [0.15, 0.2) is 5.82 Å². The molecule has 0 fully saturated rings. The third kappa shape index (κ3) is 4.89. The number of fused-ring (bicyclic) bond motifs is 1. The Kier molecular flexibility index (Phi) is 6.66. The van der Waals surface area contributed by atoms with Crippen LogP contribution in [0.2, 0.25) is 5.02 Å². The summed E-state index contributed by atoms with van der Waals surface area (Å²) < 4.78 is 2.13. The number of nitrogens with one attached hydrogen (secondary N) is 2. The number of nitrogens with zero attached hydrogens (tertiary/aromatic N) is 3. The summed E-state index contributed by atoms with van der Waals surface area (Å²) in [6.45, 7) is 0.867. The van der Waals surface area contributed by atoms with Crippen LogP contribution in [0.3, 0.4) is 0 Å². The van der Waals surface area contributed by atoms with Crippen molar-refractivity contribution in [2.75, 3.05) is 12.4 Å². The van der Waals surface area contributed by atoms with Crippen LogP contribution in [0.15, 0.2) is 48.5 Å². The fourth-order valence-corrected chi connectivity index (χ4v) is 3.91. The van der Waals surface area contributed by atoms with E-state index in [-0.39, 0.29) is 11.8 Å². The highest BCUT2D eigenvalue weighted by molar-refractivity contribution is 6.33. The first kappa shape index (κ1) is 21.8. The molecular weight excluding hydrogens is 426 g/mol.